The van der Waals surface area contributed by atoms with Gasteiger partial charge in [0, 0.05) is 36.2 Å². The summed E-state index contributed by atoms with van der Waals surface area (Å²) in [4.78, 5) is 7.59. The average molecular weight is 542 g/mol. The highest BCUT2D eigenvalue weighted by Crippen LogP contribution is 2.42. The van der Waals surface area contributed by atoms with Gasteiger partial charge in [-0.1, -0.05) is 12.1 Å². The Morgan fingerprint density at radius 3 is 2.39 bits per heavy atom. The zero-order valence-corrected chi connectivity index (χ0v) is 20.6. The molecule has 1 aliphatic rings. The Bertz CT molecular complexity index is 1480. The number of ether oxygens (including phenoxy) is 1. The summed E-state index contributed by atoms with van der Waals surface area (Å²) in [7, 11) is -7.45. The van der Waals surface area contributed by atoms with E-state index in [4.69, 9.17) is 4.74 Å². The molecule has 0 bridgehead atoms. The first-order valence-electron chi connectivity index (χ1n) is 10.8. The predicted molar refractivity (Wildman–Crippen MR) is 126 cm³/mol. The van der Waals surface area contributed by atoms with Crippen molar-refractivity contribution < 1.29 is 34.7 Å². The number of aromatic nitrogens is 2. The van der Waals surface area contributed by atoms with E-state index in [0.717, 1.165) is 18.4 Å². The predicted octanol–water partition coefficient (Wildman–Crippen LogP) is 3.80. The van der Waals surface area contributed by atoms with Crippen molar-refractivity contribution in [2.75, 3.05) is 23.3 Å². The summed E-state index contributed by atoms with van der Waals surface area (Å²) in [6.45, 7) is 0.197. The number of anilines is 1. The maximum absolute atomic E-state index is 13.4. The molecule has 0 radical (unpaired) electrons. The fourth-order valence-corrected chi connectivity index (χ4v) is 5.59. The third-order valence-electron chi connectivity index (χ3n) is 5.71. The number of rotatable bonds is 7. The third kappa shape index (κ3) is 5.95. The SMILES string of the molecule is CS(=O)(=O)CCc1cc(C(F)(F)F)ccc1[C@H]1CCOc2cc(S(=O)(=O)Nc3ncccn3)ccc21. The van der Waals surface area contributed by atoms with E-state index in [1.807, 2.05) is 0 Å². The van der Waals surface area contributed by atoms with Crippen molar-refractivity contribution in [2.24, 2.45) is 0 Å². The van der Waals surface area contributed by atoms with Crippen LogP contribution in [0.4, 0.5) is 19.1 Å². The quantitative estimate of drug-likeness (QED) is 0.484. The van der Waals surface area contributed by atoms with E-state index in [9.17, 15) is 30.0 Å². The van der Waals surface area contributed by atoms with Gasteiger partial charge in [0.2, 0.25) is 5.95 Å². The Kier molecular flexibility index (Phi) is 6.97. The second-order valence-electron chi connectivity index (χ2n) is 8.36. The molecule has 0 saturated heterocycles. The molecule has 0 fully saturated rings. The Labute approximate surface area is 206 Å². The van der Waals surface area contributed by atoms with Crippen LogP contribution in [-0.2, 0) is 32.5 Å². The van der Waals surface area contributed by atoms with Crippen LogP contribution in [0.25, 0.3) is 0 Å². The maximum Gasteiger partial charge on any atom is 0.416 e. The monoisotopic (exact) mass is 541 g/mol. The summed E-state index contributed by atoms with van der Waals surface area (Å²) in [6, 6.07) is 9.11. The number of sulfonamides is 1. The number of aryl methyl sites for hydroxylation is 1. The molecule has 1 aliphatic heterocycles. The van der Waals surface area contributed by atoms with E-state index in [2.05, 4.69) is 14.7 Å². The van der Waals surface area contributed by atoms with Gasteiger partial charge in [-0.2, -0.15) is 13.2 Å². The number of halogens is 3. The van der Waals surface area contributed by atoms with Gasteiger partial charge in [0.1, 0.15) is 15.6 Å². The smallest absolute Gasteiger partial charge is 0.416 e. The van der Waals surface area contributed by atoms with Crippen LogP contribution in [0.2, 0.25) is 0 Å². The van der Waals surface area contributed by atoms with E-state index in [1.54, 1.807) is 6.07 Å². The Hall–Kier alpha value is -3.19. The van der Waals surface area contributed by atoms with Crippen LogP contribution in [-0.4, -0.2) is 45.4 Å². The lowest BCUT2D eigenvalue weighted by atomic mass is 9.83. The van der Waals surface area contributed by atoms with E-state index < -0.39 is 37.5 Å². The van der Waals surface area contributed by atoms with Crippen molar-refractivity contribution in [1.29, 1.82) is 0 Å². The fraction of sp³-hybridized carbons (Fsp3) is 0.304. The van der Waals surface area contributed by atoms with Gasteiger partial charge >= 0.3 is 6.18 Å². The molecular formula is C23H22F3N3O5S2. The van der Waals surface area contributed by atoms with E-state index in [-0.39, 0.29) is 40.9 Å². The topological polar surface area (TPSA) is 115 Å². The standard InChI is InChI=1S/C23H22F3N3O5S2/c1-35(30,31)12-8-15-13-16(23(24,25)26)3-5-18(15)19-7-11-34-21-14-17(4-6-20(19)21)36(32,33)29-22-27-9-2-10-28-22/h2-6,9-10,13-14,19H,7-8,11-12H2,1H3,(H,27,28,29)/t19-/m1/s1. The summed E-state index contributed by atoms with van der Waals surface area (Å²) in [5.74, 6) is -0.541. The highest BCUT2D eigenvalue weighted by molar-refractivity contribution is 7.92. The molecule has 0 unspecified atom stereocenters. The van der Waals surface area contributed by atoms with Crippen LogP contribution >= 0.6 is 0 Å². The molecule has 1 aromatic heterocycles. The molecule has 4 rings (SSSR count). The highest BCUT2D eigenvalue weighted by atomic mass is 32.2. The molecule has 2 heterocycles. The molecule has 8 nitrogen and oxygen atoms in total. The summed E-state index contributed by atoms with van der Waals surface area (Å²) in [5, 5.41) is 0. The molecule has 0 amide bonds. The van der Waals surface area contributed by atoms with Crippen molar-refractivity contribution in [1.82, 2.24) is 9.97 Å². The van der Waals surface area contributed by atoms with Gasteiger partial charge in [0.05, 0.1) is 22.8 Å². The zero-order chi connectivity index (χ0) is 26.1. The average Bonchev–Trinajstić information content (AvgIpc) is 2.81. The molecule has 0 aliphatic carbocycles. The van der Waals surface area contributed by atoms with Crippen LogP contribution in [0.3, 0.4) is 0 Å². The summed E-state index contributed by atoms with van der Waals surface area (Å²) in [6.07, 6.45) is -0.441. The minimum atomic E-state index is -4.58. The second kappa shape index (κ2) is 9.69. The van der Waals surface area contributed by atoms with Crippen molar-refractivity contribution in [3.63, 3.8) is 0 Å². The van der Waals surface area contributed by atoms with Gasteiger partial charge in [-0.25, -0.2) is 31.5 Å². The van der Waals surface area contributed by atoms with Gasteiger partial charge in [-0.3, -0.25) is 0 Å². The fourth-order valence-electron chi connectivity index (χ4n) is 4.02. The lowest BCUT2D eigenvalue weighted by Crippen LogP contribution is -2.20. The van der Waals surface area contributed by atoms with Crippen molar-refractivity contribution in [3.05, 3.63) is 77.1 Å². The number of benzene rings is 2. The minimum absolute atomic E-state index is 0.0851. The van der Waals surface area contributed by atoms with Gasteiger partial charge in [-0.05, 0) is 48.2 Å². The van der Waals surface area contributed by atoms with E-state index in [1.165, 1.54) is 36.7 Å². The maximum atomic E-state index is 13.4. The van der Waals surface area contributed by atoms with E-state index >= 15 is 0 Å². The van der Waals surface area contributed by atoms with Crippen molar-refractivity contribution >= 4 is 25.8 Å². The van der Waals surface area contributed by atoms with Gasteiger partial charge in [-0.15, -0.1) is 0 Å². The lowest BCUT2D eigenvalue weighted by Gasteiger charge is -2.29. The van der Waals surface area contributed by atoms with Gasteiger partial charge in [0.15, 0.2) is 0 Å². The number of fused-ring (bicyclic) bond motifs is 1. The first kappa shape index (κ1) is 25.9. The van der Waals surface area contributed by atoms with Crippen LogP contribution < -0.4 is 9.46 Å². The third-order valence-corrected chi connectivity index (χ3v) is 7.99. The Morgan fingerprint density at radius 1 is 1.03 bits per heavy atom. The normalized spacial score (nSPS) is 16.2. The minimum Gasteiger partial charge on any atom is -0.493 e. The Morgan fingerprint density at radius 2 is 1.72 bits per heavy atom. The van der Waals surface area contributed by atoms with Crippen LogP contribution in [0.1, 0.15) is 34.6 Å². The second-order valence-corrected chi connectivity index (χ2v) is 12.3. The van der Waals surface area contributed by atoms with Crippen molar-refractivity contribution in [3.8, 4) is 5.75 Å². The number of sulfone groups is 1. The summed E-state index contributed by atoms with van der Waals surface area (Å²) < 4.78 is 97.1. The van der Waals surface area contributed by atoms with Crippen LogP contribution in [0.15, 0.2) is 59.8 Å². The molecule has 0 saturated carbocycles. The molecule has 1 N–H and O–H groups in total. The Balaban J connectivity index is 1.71. The first-order chi connectivity index (χ1) is 16.8. The molecule has 192 valence electrons. The number of nitrogens with one attached hydrogen (secondary N) is 1. The molecule has 36 heavy (non-hydrogen) atoms. The zero-order valence-electron chi connectivity index (χ0n) is 19.0. The largest absolute Gasteiger partial charge is 0.493 e. The van der Waals surface area contributed by atoms with E-state index in [0.29, 0.717) is 17.5 Å². The molecule has 0 spiro atoms. The molecule has 13 heteroatoms. The number of hydrogen-bond donors (Lipinski definition) is 1. The number of alkyl halides is 3. The number of hydrogen-bond acceptors (Lipinski definition) is 7. The summed E-state index contributed by atoms with van der Waals surface area (Å²) >= 11 is 0. The van der Waals surface area contributed by atoms with Gasteiger partial charge in [0.25, 0.3) is 10.0 Å². The van der Waals surface area contributed by atoms with Crippen LogP contribution in [0.5, 0.6) is 5.75 Å². The summed E-state index contributed by atoms with van der Waals surface area (Å²) in [5.41, 5.74) is 0.546. The first-order valence-corrected chi connectivity index (χ1v) is 14.3. The van der Waals surface area contributed by atoms with Crippen molar-refractivity contribution in [2.45, 2.75) is 29.8 Å². The lowest BCUT2D eigenvalue weighted by molar-refractivity contribution is -0.137. The molecular weight excluding hydrogens is 519 g/mol. The number of nitrogens with zero attached hydrogens (tertiary/aromatic N) is 2. The van der Waals surface area contributed by atoms with Crippen LogP contribution in [0, 0.1) is 0 Å². The van der Waals surface area contributed by atoms with Gasteiger partial charge < -0.3 is 4.74 Å². The molecule has 1 atom stereocenters. The highest BCUT2D eigenvalue weighted by Gasteiger charge is 2.33. The molecule has 3 aromatic rings. The molecule has 2 aromatic carbocycles.